The Bertz CT molecular complexity index is 1070. The van der Waals surface area contributed by atoms with Crippen LogP contribution in [0.25, 0.3) is 0 Å². The maximum Gasteiger partial charge on any atom is 0.266 e. The van der Waals surface area contributed by atoms with Crippen molar-refractivity contribution in [1.82, 2.24) is 0 Å². The van der Waals surface area contributed by atoms with Crippen LogP contribution < -0.4 is 9.96 Å². The Kier molecular flexibility index (Phi) is 4.59. The summed E-state index contributed by atoms with van der Waals surface area (Å²) in [5.74, 6) is -1.53. The third-order valence-electron chi connectivity index (χ3n) is 5.12. The van der Waals surface area contributed by atoms with E-state index < -0.39 is 24.0 Å². The fourth-order valence-corrected chi connectivity index (χ4v) is 5.30. The maximum atomic E-state index is 13.5. The number of para-hydroxylation sites is 2. The average molecular weight is 445 g/mol. The highest BCUT2D eigenvalue weighted by atomic mass is 35.5. The van der Waals surface area contributed by atoms with Crippen LogP contribution in [-0.2, 0) is 14.4 Å². The largest absolute Gasteiger partial charge is 0.273 e. The first kappa shape index (κ1) is 18.6. The Balaban J connectivity index is 1.60. The van der Waals surface area contributed by atoms with Gasteiger partial charge in [-0.3, -0.25) is 14.4 Å². The molecule has 2 aliphatic heterocycles. The van der Waals surface area contributed by atoms with Gasteiger partial charge < -0.3 is 0 Å². The number of hydrogen-bond acceptors (Lipinski definition) is 5. The van der Waals surface area contributed by atoms with Crippen LogP contribution in [0, 0.1) is 5.92 Å². The molecule has 0 saturated carbocycles. The third-order valence-corrected chi connectivity index (χ3v) is 6.67. The van der Waals surface area contributed by atoms with Crippen LogP contribution in [0.15, 0.2) is 66.0 Å². The van der Waals surface area contributed by atoms with Crippen LogP contribution >= 0.6 is 34.5 Å². The van der Waals surface area contributed by atoms with Crippen molar-refractivity contribution in [1.29, 1.82) is 0 Å². The van der Waals surface area contributed by atoms with Gasteiger partial charge in [-0.25, -0.2) is 9.96 Å². The van der Waals surface area contributed by atoms with Gasteiger partial charge in [-0.2, -0.15) is 0 Å². The molecular formula is C21H14Cl2N2O3S. The van der Waals surface area contributed by atoms with Crippen molar-refractivity contribution in [3.63, 3.8) is 0 Å². The highest BCUT2D eigenvalue weighted by molar-refractivity contribution is 7.10. The molecule has 2 aromatic carbocycles. The number of anilines is 2. The van der Waals surface area contributed by atoms with Crippen LogP contribution in [0.3, 0.4) is 0 Å². The van der Waals surface area contributed by atoms with Gasteiger partial charge in [0.15, 0.2) is 6.10 Å². The Labute approximate surface area is 181 Å². The average Bonchev–Trinajstić information content (AvgIpc) is 3.42. The first-order valence-corrected chi connectivity index (χ1v) is 10.6. The van der Waals surface area contributed by atoms with E-state index in [0.29, 0.717) is 0 Å². The molecule has 0 aliphatic carbocycles. The molecule has 0 bridgehead atoms. The second-order valence-corrected chi connectivity index (χ2v) is 8.55. The van der Waals surface area contributed by atoms with Crippen LogP contribution in [0.2, 0.25) is 10.0 Å². The number of hydrogen-bond donors (Lipinski definition) is 0. The van der Waals surface area contributed by atoms with Crippen molar-refractivity contribution < 1.29 is 14.4 Å². The van der Waals surface area contributed by atoms with Crippen molar-refractivity contribution in [3.8, 4) is 0 Å². The lowest BCUT2D eigenvalue weighted by Crippen LogP contribution is -2.37. The predicted octanol–water partition coefficient (Wildman–Crippen LogP) is 5.11. The van der Waals surface area contributed by atoms with Gasteiger partial charge >= 0.3 is 0 Å². The summed E-state index contributed by atoms with van der Waals surface area (Å²) in [7, 11) is 0. The van der Waals surface area contributed by atoms with Gasteiger partial charge in [-0.05, 0) is 35.7 Å². The summed E-state index contributed by atoms with van der Waals surface area (Å²) in [6, 6.07) is 17.8. The topological polar surface area (TPSA) is 49.9 Å². The number of carbonyl (C=O) groups excluding carboxylic acids is 2. The van der Waals surface area contributed by atoms with Gasteiger partial charge in [0.2, 0.25) is 5.91 Å². The molecule has 3 atom stereocenters. The number of halogens is 2. The molecule has 0 radical (unpaired) electrons. The van der Waals surface area contributed by atoms with E-state index >= 15 is 0 Å². The van der Waals surface area contributed by atoms with Crippen molar-refractivity contribution in [2.75, 3.05) is 9.96 Å². The SMILES string of the molecule is O=C1[C@H]2[C@@H](ON(c3ccccc3)[C@H]2c2cccs2)C(=O)N1c1c(Cl)cccc1Cl. The summed E-state index contributed by atoms with van der Waals surface area (Å²) in [6.07, 6.45) is -0.942. The number of fused-ring (bicyclic) bond motifs is 1. The molecular weight excluding hydrogens is 431 g/mol. The van der Waals surface area contributed by atoms with Crippen LogP contribution in [-0.4, -0.2) is 17.9 Å². The van der Waals surface area contributed by atoms with E-state index in [1.54, 1.807) is 23.3 Å². The minimum absolute atomic E-state index is 0.208. The van der Waals surface area contributed by atoms with E-state index in [4.69, 9.17) is 28.0 Å². The summed E-state index contributed by atoms with van der Waals surface area (Å²) in [5.41, 5.74) is 0.989. The maximum absolute atomic E-state index is 13.5. The van der Waals surface area contributed by atoms with E-state index in [0.717, 1.165) is 15.5 Å². The summed E-state index contributed by atoms with van der Waals surface area (Å²) >= 11 is 14.1. The molecule has 3 aromatic rings. The summed E-state index contributed by atoms with van der Waals surface area (Å²) in [5, 5.41) is 4.09. The van der Waals surface area contributed by atoms with Gasteiger partial charge in [0.1, 0.15) is 12.0 Å². The second-order valence-electron chi connectivity index (χ2n) is 6.76. The molecule has 2 amide bonds. The third kappa shape index (κ3) is 2.87. The lowest BCUT2D eigenvalue weighted by atomic mass is 9.95. The fourth-order valence-electron chi connectivity index (χ4n) is 3.88. The molecule has 5 rings (SSSR count). The van der Waals surface area contributed by atoms with Crippen LogP contribution in [0.5, 0.6) is 0 Å². The van der Waals surface area contributed by atoms with Gasteiger partial charge in [0.25, 0.3) is 5.91 Å². The smallest absolute Gasteiger partial charge is 0.266 e. The summed E-state index contributed by atoms with van der Waals surface area (Å²) in [4.78, 5) is 34.8. The molecule has 0 N–H and O–H groups in total. The predicted molar refractivity (Wildman–Crippen MR) is 113 cm³/mol. The van der Waals surface area contributed by atoms with Crippen molar-refractivity contribution in [3.05, 3.63) is 81.0 Å². The number of carbonyl (C=O) groups is 2. The minimum atomic E-state index is -0.942. The Hall–Kier alpha value is -2.38. The van der Waals surface area contributed by atoms with Crippen LogP contribution in [0.1, 0.15) is 10.9 Å². The zero-order chi connectivity index (χ0) is 20.1. The molecule has 0 unspecified atom stereocenters. The quantitative estimate of drug-likeness (QED) is 0.526. The lowest BCUT2D eigenvalue weighted by Gasteiger charge is -2.28. The van der Waals surface area contributed by atoms with Crippen LogP contribution in [0.4, 0.5) is 11.4 Å². The second kappa shape index (κ2) is 7.15. The van der Waals surface area contributed by atoms with Crippen molar-refractivity contribution in [2.45, 2.75) is 12.1 Å². The van der Waals surface area contributed by atoms with E-state index in [1.807, 2.05) is 47.8 Å². The molecule has 2 saturated heterocycles. The number of hydroxylamine groups is 1. The first-order chi connectivity index (χ1) is 14.1. The summed E-state index contributed by atoms with van der Waals surface area (Å²) in [6.45, 7) is 0. The molecule has 2 aliphatic rings. The highest BCUT2D eigenvalue weighted by Gasteiger charge is 2.61. The van der Waals surface area contributed by atoms with E-state index in [9.17, 15) is 9.59 Å². The molecule has 5 nitrogen and oxygen atoms in total. The number of imide groups is 1. The zero-order valence-corrected chi connectivity index (χ0v) is 17.2. The number of benzene rings is 2. The Morgan fingerprint density at radius 3 is 2.24 bits per heavy atom. The molecule has 1 aromatic heterocycles. The lowest BCUT2D eigenvalue weighted by molar-refractivity contribution is -0.126. The monoisotopic (exact) mass is 444 g/mol. The van der Waals surface area contributed by atoms with Gasteiger partial charge in [0, 0.05) is 4.88 Å². The molecule has 0 spiro atoms. The number of amides is 2. The first-order valence-electron chi connectivity index (χ1n) is 8.94. The molecule has 146 valence electrons. The fraction of sp³-hybridized carbons (Fsp3) is 0.143. The molecule has 3 heterocycles. The van der Waals surface area contributed by atoms with Crippen molar-refractivity contribution in [2.24, 2.45) is 5.92 Å². The number of thiophene rings is 1. The normalized spacial score (nSPS) is 23.7. The molecule has 8 heteroatoms. The van der Waals surface area contributed by atoms with Gasteiger partial charge in [-0.15, -0.1) is 11.3 Å². The van der Waals surface area contributed by atoms with Crippen molar-refractivity contribution >= 4 is 57.7 Å². The Morgan fingerprint density at radius 2 is 1.59 bits per heavy atom. The molecule has 29 heavy (non-hydrogen) atoms. The minimum Gasteiger partial charge on any atom is -0.273 e. The standard InChI is InChI=1S/C21H14Cl2N2O3S/c22-13-8-4-9-14(23)17(13)24-20(26)16-18(15-10-5-11-29-15)25(28-19(16)21(24)27)12-6-2-1-3-7-12/h1-11,16,18-19H/t16-,18+,19-/m1/s1. The van der Waals surface area contributed by atoms with E-state index in [2.05, 4.69) is 0 Å². The summed E-state index contributed by atoms with van der Waals surface area (Å²) < 4.78 is 0. The van der Waals surface area contributed by atoms with Gasteiger partial charge in [-0.1, -0.05) is 53.5 Å². The zero-order valence-electron chi connectivity index (χ0n) is 14.9. The highest BCUT2D eigenvalue weighted by Crippen LogP contribution is 2.50. The van der Waals surface area contributed by atoms with Gasteiger partial charge in [0.05, 0.1) is 21.4 Å². The van der Waals surface area contributed by atoms with E-state index in [1.165, 1.54) is 11.3 Å². The Morgan fingerprint density at radius 1 is 0.862 bits per heavy atom. The number of rotatable bonds is 3. The van der Waals surface area contributed by atoms with E-state index in [-0.39, 0.29) is 21.6 Å². The number of nitrogens with zero attached hydrogens (tertiary/aromatic N) is 2. The molecule has 2 fully saturated rings.